The van der Waals surface area contributed by atoms with E-state index in [4.69, 9.17) is 0 Å². The normalized spacial score (nSPS) is 18.2. The molecule has 0 spiro atoms. The molecular formula is C17H20N4O. The summed E-state index contributed by atoms with van der Waals surface area (Å²) in [5.41, 5.74) is 2.58. The zero-order valence-corrected chi connectivity index (χ0v) is 12.8. The van der Waals surface area contributed by atoms with E-state index in [2.05, 4.69) is 21.0 Å². The lowest BCUT2D eigenvalue weighted by atomic mass is 9.93. The molecule has 1 atom stereocenters. The molecule has 0 bridgehead atoms. The SMILES string of the molecule is Cc1cccc(C[C@@H]2CCCN(C(=O)c3cnccn3)C2)n1. The van der Waals surface area contributed by atoms with Gasteiger partial charge in [0.2, 0.25) is 0 Å². The van der Waals surface area contributed by atoms with Gasteiger partial charge in [0.25, 0.3) is 5.91 Å². The Balaban J connectivity index is 1.65. The fourth-order valence-electron chi connectivity index (χ4n) is 3.00. The Bertz CT molecular complexity index is 644. The number of nitrogens with zero attached hydrogens (tertiary/aromatic N) is 4. The molecule has 0 unspecified atom stereocenters. The quantitative estimate of drug-likeness (QED) is 0.872. The number of likely N-dealkylation sites (tertiary alicyclic amines) is 1. The van der Waals surface area contributed by atoms with Crippen LogP contribution in [0, 0.1) is 12.8 Å². The first kappa shape index (κ1) is 14.6. The molecule has 0 radical (unpaired) electrons. The van der Waals surface area contributed by atoms with Gasteiger partial charge in [-0.1, -0.05) is 6.07 Å². The minimum atomic E-state index is -0.0185. The number of amides is 1. The number of hydrogen-bond donors (Lipinski definition) is 0. The number of rotatable bonds is 3. The fraction of sp³-hybridized carbons (Fsp3) is 0.412. The Kier molecular flexibility index (Phi) is 4.42. The minimum absolute atomic E-state index is 0.0185. The molecule has 5 heteroatoms. The van der Waals surface area contributed by atoms with Crippen LogP contribution >= 0.6 is 0 Å². The molecule has 1 aliphatic heterocycles. The maximum absolute atomic E-state index is 12.5. The summed E-state index contributed by atoms with van der Waals surface area (Å²) < 4.78 is 0. The smallest absolute Gasteiger partial charge is 0.274 e. The van der Waals surface area contributed by atoms with Gasteiger partial charge in [0.1, 0.15) is 5.69 Å². The summed E-state index contributed by atoms with van der Waals surface area (Å²) in [5.74, 6) is 0.443. The van der Waals surface area contributed by atoms with E-state index in [-0.39, 0.29) is 5.91 Å². The molecule has 114 valence electrons. The van der Waals surface area contributed by atoms with Crippen LogP contribution in [-0.2, 0) is 6.42 Å². The molecule has 0 N–H and O–H groups in total. The highest BCUT2D eigenvalue weighted by molar-refractivity contribution is 5.92. The van der Waals surface area contributed by atoms with Crippen molar-refractivity contribution < 1.29 is 4.79 Å². The van der Waals surface area contributed by atoms with Gasteiger partial charge < -0.3 is 4.90 Å². The summed E-state index contributed by atoms with van der Waals surface area (Å²) in [5, 5.41) is 0. The third-order valence-electron chi connectivity index (χ3n) is 4.03. The van der Waals surface area contributed by atoms with Crippen LogP contribution in [0.25, 0.3) is 0 Å². The number of aryl methyl sites for hydroxylation is 1. The van der Waals surface area contributed by atoms with Crippen LogP contribution in [0.2, 0.25) is 0 Å². The Morgan fingerprint density at radius 3 is 3.05 bits per heavy atom. The van der Waals surface area contributed by atoms with Gasteiger partial charge in [-0.15, -0.1) is 0 Å². The molecule has 0 aromatic carbocycles. The lowest BCUT2D eigenvalue weighted by Crippen LogP contribution is -2.41. The van der Waals surface area contributed by atoms with Crippen molar-refractivity contribution in [2.45, 2.75) is 26.2 Å². The maximum Gasteiger partial charge on any atom is 0.274 e. The van der Waals surface area contributed by atoms with Crippen molar-refractivity contribution in [2.75, 3.05) is 13.1 Å². The van der Waals surface area contributed by atoms with Crippen LogP contribution in [0.5, 0.6) is 0 Å². The molecule has 0 aliphatic carbocycles. The molecule has 1 amide bonds. The van der Waals surface area contributed by atoms with Crippen LogP contribution in [0.1, 0.15) is 34.7 Å². The van der Waals surface area contributed by atoms with E-state index in [0.717, 1.165) is 43.7 Å². The predicted octanol–water partition coefficient (Wildman–Crippen LogP) is 2.27. The van der Waals surface area contributed by atoms with Crippen LogP contribution in [0.15, 0.2) is 36.8 Å². The van der Waals surface area contributed by atoms with Crippen molar-refractivity contribution in [1.29, 1.82) is 0 Å². The number of piperidine rings is 1. The molecule has 1 aliphatic rings. The summed E-state index contributed by atoms with van der Waals surface area (Å²) in [6, 6.07) is 6.12. The van der Waals surface area contributed by atoms with Crippen molar-refractivity contribution >= 4 is 5.91 Å². The van der Waals surface area contributed by atoms with Gasteiger partial charge in [0, 0.05) is 36.9 Å². The molecule has 22 heavy (non-hydrogen) atoms. The van der Waals surface area contributed by atoms with E-state index in [1.807, 2.05) is 24.0 Å². The molecule has 5 nitrogen and oxygen atoms in total. The molecule has 0 saturated carbocycles. The molecule has 3 rings (SSSR count). The third kappa shape index (κ3) is 3.47. The number of pyridine rings is 1. The second-order valence-corrected chi connectivity index (χ2v) is 5.82. The lowest BCUT2D eigenvalue weighted by Gasteiger charge is -2.32. The predicted molar refractivity (Wildman–Crippen MR) is 83.3 cm³/mol. The van der Waals surface area contributed by atoms with Crippen LogP contribution < -0.4 is 0 Å². The largest absolute Gasteiger partial charge is 0.337 e. The van der Waals surface area contributed by atoms with E-state index in [0.29, 0.717) is 11.6 Å². The molecule has 2 aromatic rings. The second-order valence-electron chi connectivity index (χ2n) is 5.82. The zero-order chi connectivity index (χ0) is 15.4. The van der Waals surface area contributed by atoms with E-state index in [9.17, 15) is 4.79 Å². The van der Waals surface area contributed by atoms with Crippen molar-refractivity contribution in [3.8, 4) is 0 Å². The standard InChI is InChI=1S/C17H20N4O/c1-13-4-2-6-15(20-13)10-14-5-3-9-21(12-14)17(22)16-11-18-7-8-19-16/h2,4,6-8,11,14H,3,5,9-10,12H2,1H3/t14-/m0/s1. The van der Waals surface area contributed by atoms with E-state index >= 15 is 0 Å². The summed E-state index contributed by atoms with van der Waals surface area (Å²) in [4.78, 5) is 27.0. The topological polar surface area (TPSA) is 59.0 Å². The average Bonchev–Trinajstić information content (AvgIpc) is 2.55. The van der Waals surface area contributed by atoms with E-state index < -0.39 is 0 Å². The van der Waals surface area contributed by atoms with Gasteiger partial charge in [-0.2, -0.15) is 0 Å². The highest BCUT2D eigenvalue weighted by atomic mass is 16.2. The van der Waals surface area contributed by atoms with Gasteiger partial charge in [-0.3, -0.25) is 14.8 Å². The van der Waals surface area contributed by atoms with Gasteiger partial charge in [0.15, 0.2) is 0 Å². The van der Waals surface area contributed by atoms with Gasteiger partial charge in [-0.05, 0) is 44.2 Å². The van der Waals surface area contributed by atoms with E-state index in [1.165, 1.54) is 6.20 Å². The third-order valence-corrected chi connectivity index (χ3v) is 4.03. The number of aromatic nitrogens is 3. The monoisotopic (exact) mass is 296 g/mol. The summed E-state index contributed by atoms with van der Waals surface area (Å²) in [6.07, 6.45) is 7.77. The first-order valence-electron chi connectivity index (χ1n) is 7.70. The minimum Gasteiger partial charge on any atom is -0.337 e. The van der Waals surface area contributed by atoms with E-state index in [1.54, 1.807) is 12.4 Å². The van der Waals surface area contributed by atoms with Crippen molar-refractivity contribution in [3.63, 3.8) is 0 Å². The molecule has 1 fully saturated rings. The van der Waals surface area contributed by atoms with Crippen molar-refractivity contribution in [3.05, 3.63) is 53.9 Å². The molecule has 3 heterocycles. The molecular weight excluding hydrogens is 276 g/mol. The van der Waals surface area contributed by atoms with Crippen molar-refractivity contribution in [2.24, 2.45) is 5.92 Å². The van der Waals surface area contributed by atoms with Crippen molar-refractivity contribution in [1.82, 2.24) is 19.9 Å². The number of hydrogen-bond acceptors (Lipinski definition) is 4. The lowest BCUT2D eigenvalue weighted by molar-refractivity contribution is 0.0666. The van der Waals surface area contributed by atoms with Crippen LogP contribution in [-0.4, -0.2) is 38.8 Å². The Hall–Kier alpha value is -2.30. The Labute approximate surface area is 130 Å². The average molecular weight is 296 g/mol. The number of carbonyl (C=O) groups is 1. The fourth-order valence-corrected chi connectivity index (χ4v) is 3.00. The van der Waals surface area contributed by atoms with Crippen LogP contribution in [0.3, 0.4) is 0 Å². The first-order valence-corrected chi connectivity index (χ1v) is 7.70. The summed E-state index contributed by atoms with van der Waals surface area (Å²) in [7, 11) is 0. The highest BCUT2D eigenvalue weighted by Gasteiger charge is 2.25. The first-order chi connectivity index (χ1) is 10.7. The highest BCUT2D eigenvalue weighted by Crippen LogP contribution is 2.21. The Morgan fingerprint density at radius 2 is 2.27 bits per heavy atom. The van der Waals surface area contributed by atoms with Gasteiger partial charge >= 0.3 is 0 Å². The summed E-state index contributed by atoms with van der Waals surface area (Å²) in [6.45, 7) is 3.58. The second kappa shape index (κ2) is 6.64. The van der Waals surface area contributed by atoms with Gasteiger partial charge in [-0.25, -0.2) is 4.98 Å². The number of carbonyl (C=O) groups excluding carboxylic acids is 1. The van der Waals surface area contributed by atoms with Crippen LogP contribution in [0.4, 0.5) is 0 Å². The zero-order valence-electron chi connectivity index (χ0n) is 12.8. The van der Waals surface area contributed by atoms with Gasteiger partial charge in [0.05, 0.1) is 6.20 Å². The summed E-state index contributed by atoms with van der Waals surface area (Å²) >= 11 is 0. The maximum atomic E-state index is 12.5. The molecule has 2 aromatic heterocycles. The molecule has 1 saturated heterocycles. The Morgan fingerprint density at radius 1 is 1.36 bits per heavy atom.